The van der Waals surface area contributed by atoms with Crippen molar-refractivity contribution in [2.75, 3.05) is 4.90 Å². The molecule has 0 fully saturated rings. The molecule has 5 aromatic rings. The molecular weight excluding hydrogens is 500 g/mol. The van der Waals surface area contributed by atoms with Crippen molar-refractivity contribution < 1.29 is 51.0 Å². The summed E-state index contributed by atoms with van der Waals surface area (Å²) in [4.78, 5) is 2.46. The molecule has 0 bridgehead atoms. The smallest absolute Gasteiger partial charge is 1.00 e. The van der Waals surface area contributed by atoms with Crippen LogP contribution in [-0.4, -0.2) is 0 Å². The van der Waals surface area contributed by atoms with Crippen molar-refractivity contribution in [2.24, 2.45) is 0 Å². The van der Waals surface area contributed by atoms with E-state index in [9.17, 15) is 0 Å². The Bertz CT molecular complexity index is 1180. The molecular formula is C27H22Cl2NZr. The first-order chi connectivity index (χ1) is 13.9. The maximum Gasteiger partial charge on any atom is 3.00 e. The van der Waals surface area contributed by atoms with Crippen molar-refractivity contribution in [1.82, 2.24) is 0 Å². The predicted molar refractivity (Wildman–Crippen MR) is 120 cm³/mol. The summed E-state index contributed by atoms with van der Waals surface area (Å²) in [6.07, 6.45) is 0. The van der Waals surface area contributed by atoms with Gasteiger partial charge in [-0.25, -0.2) is 0 Å². The Balaban J connectivity index is 0.00000114. The molecule has 0 aliphatic rings. The molecule has 1 nitrogen and oxygen atoms in total. The Kier molecular flexibility index (Phi) is 9.44. The molecule has 0 saturated carbocycles. The van der Waals surface area contributed by atoms with E-state index in [0.717, 1.165) is 13.1 Å². The maximum absolute atomic E-state index is 2.46. The van der Waals surface area contributed by atoms with Crippen molar-refractivity contribution in [3.05, 3.63) is 120 Å². The van der Waals surface area contributed by atoms with Crippen molar-refractivity contribution in [1.29, 1.82) is 0 Å². The fraction of sp³-hybridized carbons (Fsp3) is 0.0741. The molecule has 153 valence electrons. The first-order valence-electron chi connectivity index (χ1n) is 9.78. The molecule has 0 unspecified atom stereocenters. The second kappa shape index (κ2) is 11.6. The van der Waals surface area contributed by atoms with Crippen LogP contribution in [0.2, 0.25) is 0 Å². The molecule has 1 radical (unpaired) electrons. The minimum Gasteiger partial charge on any atom is -1.00 e. The van der Waals surface area contributed by atoms with Crippen LogP contribution in [0.1, 0.15) is 11.1 Å². The monoisotopic (exact) mass is 520 g/mol. The summed E-state index contributed by atoms with van der Waals surface area (Å²) in [7, 11) is 0. The topological polar surface area (TPSA) is 3.24 Å². The van der Waals surface area contributed by atoms with Gasteiger partial charge in [0.05, 0.1) is 0 Å². The molecule has 0 aromatic heterocycles. The Morgan fingerprint density at radius 1 is 0.548 bits per heavy atom. The van der Waals surface area contributed by atoms with E-state index in [1.807, 2.05) is 0 Å². The molecule has 5 rings (SSSR count). The van der Waals surface area contributed by atoms with Crippen molar-refractivity contribution in [2.45, 2.75) is 13.1 Å². The zero-order chi connectivity index (χ0) is 18.8. The fourth-order valence-corrected chi connectivity index (χ4v) is 3.99. The van der Waals surface area contributed by atoms with E-state index in [1.54, 1.807) is 0 Å². The van der Waals surface area contributed by atoms with Gasteiger partial charge in [-0.3, -0.25) is 0 Å². The zero-order valence-electron chi connectivity index (χ0n) is 17.0. The standard InChI is InChI=1S/C27H22N.2ClH.Zr/c1-3-9-21(10-4-1)19-28(20-22-11-5-2-6-12-22)25-15-16-27-24(18-25)17-23-13-7-8-14-26(23)27;;;/h1-18H,19-20H2;2*1H;/q-1;;;+3/p-2. The van der Waals surface area contributed by atoms with E-state index < -0.39 is 0 Å². The Hall–Kier alpha value is -1.99. The van der Waals surface area contributed by atoms with Crippen LogP contribution in [0, 0.1) is 0 Å². The van der Waals surface area contributed by atoms with Gasteiger partial charge in [0.25, 0.3) is 0 Å². The molecule has 31 heavy (non-hydrogen) atoms. The summed E-state index contributed by atoms with van der Waals surface area (Å²) in [6, 6.07) is 39.2. The van der Waals surface area contributed by atoms with E-state index >= 15 is 0 Å². The normalized spacial score (nSPS) is 10.1. The van der Waals surface area contributed by atoms with Gasteiger partial charge in [-0.2, -0.15) is 0 Å². The summed E-state index contributed by atoms with van der Waals surface area (Å²) < 4.78 is 0. The average molecular weight is 523 g/mol. The van der Waals surface area contributed by atoms with Gasteiger partial charge >= 0.3 is 26.2 Å². The summed E-state index contributed by atoms with van der Waals surface area (Å²) in [5.41, 5.74) is 3.91. The van der Waals surface area contributed by atoms with Gasteiger partial charge in [0.15, 0.2) is 0 Å². The van der Waals surface area contributed by atoms with Gasteiger partial charge in [-0.1, -0.05) is 97.1 Å². The van der Waals surface area contributed by atoms with Crippen LogP contribution in [0.5, 0.6) is 0 Å². The third kappa shape index (κ3) is 5.63. The SMILES string of the molecule is [Cl-].[Cl-].[Zr+3].c1ccc(CN(Cc2ccccc2)c2ccc3c(c2)[cH-]c2ccccc23)cc1. The maximum atomic E-state index is 2.46. The van der Waals surface area contributed by atoms with E-state index in [-0.39, 0.29) is 51.0 Å². The van der Waals surface area contributed by atoms with Crippen LogP contribution in [0.15, 0.2) is 109 Å². The summed E-state index contributed by atoms with van der Waals surface area (Å²) >= 11 is 0. The van der Waals surface area contributed by atoms with Gasteiger partial charge in [0, 0.05) is 18.8 Å². The largest absolute Gasteiger partial charge is 3.00 e. The van der Waals surface area contributed by atoms with Crippen molar-refractivity contribution in [3.8, 4) is 0 Å². The molecule has 0 aliphatic heterocycles. The number of benzene rings is 4. The van der Waals surface area contributed by atoms with Gasteiger partial charge in [-0.05, 0) is 11.1 Å². The number of halogens is 2. The minimum atomic E-state index is 0. The zero-order valence-corrected chi connectivity index (χ0v) is 21.0. The number of anilines is 1. The van der Waals surface area contributed by atoms with E-state index in [0.29, 0.717) is 0 Å². The van der Waals surface area contributed by atoms with Gasteiger partial charge in [0.1, 0.15) is 0 Å². The molecule has 0 heterocycles. The number of hydrogen-bond acceptors (Lipinski definition) is 1. The molecule has 0 amide bonds. The van der Waals surface area contributed by atoms with Crippen LogP contribution in [-0.2, 0) is 39.3 Å². The molecule has 5 aromatic carbocycles. The minimum absolute atomic E-state index is 0. The summed E-state index contributed by atoms with van der Waals surface area (Å²) in [5, 5.41) is 5.29. The Labute approximate surface area is 215 Å². The molecule has 0 saturated heterocycles. The van der Waals surface area contributed by atoms with Crippen LogP contribution in [0.4, 0.5) is 5.69 Å². The number of rotatable bonds is 5. The van der Waals surface area contributed by atoms with E-state index in [2.05, 4.69) is 114 Å². The quantitative estimate of drug-likeness (QED) is 0.311. The van der Waals surface area contributed by atoms with Crippen LogP contribution >= 0.6 is 0 Å². The fourth-order valence-electron chi connectivity index (χ4n) is 3.99. The Morgan fingerprint density at radius 3 is 1.68 bits per heavy atom. The molecule has 0 aliphatic carbocycles. The first-order valence-corrected chi connectivity index (χ1v) is 9.78. The summed E-state index contributed by atoms with van der Waals surface area (Å²) in [6.45, 7) is 1.78. The molecule has 0 spiro atoms. The van der Waals surface area contributed by atoms with Gasteiger partial charge < -0.3 is 29.7 Å². The van der Waals surface area contributed by atoms with Gasteiger partial charge in [0.2, 0.25) is 0 Å². The van der Waals surface area contributed by atoms with Crippen molar-refractivity contribution >= 4 is 27.2 Å². The van der Waals surface area contributed by atoms with Gasteiger partial charge in [-0.15, -0.1) is 33.7 Å². The molecule has 0 N–H and O–H groups in total. The Morgan fingerprint density at radius 2 is 1.06 bits per heavy atom. The van der Waals surface area contributed by atoms with Crippen LogP contribution in [0.25, 0.3) is 21.5 Å². The second-order valence-corrected chi connectivity index (χ2v) is 7.33. The molecule has 0 atom stereocenters. The molecule has 4 heteroatoms. The second-order valence-electron chi connectivity index (χ2n) is 7.33. The van der Waals surface area contributed by atoms with E-state index in [1.165, 1.54) is 38.4 Å². The first kappa shape index (κ1) is 25.3. The van der Waals surface area contributed by atoms with Crippen LogP contribution in [0.3, 0.4) is 0 Å². The number of hydrogen-bond donors (Lipinski definition) is 0. The summed E-state index contributed by atoms with van der Waals surface area (Å²) in [5.74, 6) is 0. The van der Waals surface area contributed by atoms with Crippen molar-refractivity contribution in [3.63, 3.8) is 0 Å². The third-order valence-corrected chi connectivity index (χ3v) is 5.39. The predicted octanol–water partition coefficient (Wildman–Crippen LogP) is 0.924. The number of fused-ring (bicyclic) bond motifs is 3. The average Bonchev–Trinajstić information content (AvgIpc) is 3.12. The third-order valence-electron chi connectivity index (χ3n) is 5.39. The number of nitrogens with zero attached hydrogens (tertiary/aromatic N) is 1. The van der Waals surface area contributed by atoms with Crippen LogP contribution < -0.4 is 29.7 Å². The van der Waals surface area contributed by atoms with E-state index in [4.69, 9.17) is 0 Å².